The minimum atomic E-state index is -0.0307. The molecule has 0 spiro atoms. The van der Waals surface area contributed by atoms with Crippen LogP contribution in [-0.4, -0.2) is 59.2 Å². The molecule has 0 bridgehead atoms. The zero-order valence-corrected chi connectivity index (χ0v) is 17.4. The first-order chi connectivity index (χ1) is 13.4. The van der Waals surface area contributed by atoms with Gasteiger partial charge in [0.25, 0.3) is 5.91 Å². The molecule has 1 amide bonds. The van der Waals surface area contributed by atoms with Crippen LogP contribution in [0.15, 0.2) is 30.3 Å². The van der Waals surface area contributed by atoms with Crippen LogP contribution in [0.5, 0.6) is 0 Å². The molecule has 5 heteroatoms. The van der Waals surface area contributed by atoms with E-state index in [9.17, 15) is 9.59 Å². The summed E-state index contributed by atoms with van der Waals surface area (Å²) in [5, 5.41) is 0. The van der Waals surface area contributed by atoms with E-state index in [1.807, 2.05) is 24.8 Å². The number of likely N-dealkylation sites (tertiary alicyclic amines) is 1. The van der Waals surface area contributed by atoms with E-state index in [1.54, 1.807) is 0 Å². The average Bonchev–Trinajstić information content (AvgIpc) is 3.01. The first-order valence-corrected chi connectivity index (χ1v) is 10.1. The summed E-state index contributed by atoms with van der Waals surface area (Å²) in [6.07, 6.45) is 3.13. The van der Waals surface area contributed by atoms with Crippen molar-refractivity contribution in [3.8, 4) is 0 Å². The predicted molar refractivity (Wildman–Crippen MR) is 112 cm³/mol. The van der Waals surface area contributed by atoms with Crippen molar-refractivity contribution in [1.82, 2.24) is 14.8 Å². The Morgan fingerprint density at radius 2 is 1.93 bits per heavy atom. The summed E-state index contributed by atoms with van der Waals surface area (Å²) in [7, 11) is 2.15. The van der Waals surface area contributed by atoms with Crippen LogP contribution in [0.2, 0.25) is 0 Å². The maximum Gasteiger partial charge on any atom is 0.256 e. The fourth-order valence-corrected chi connectivity index (χ4v) is 4.21. The molecule has 150 valence electrons. The molecular formula is C23H31N3O2. The zero-order chi connectivity index (χ0) is 20.3. The molecule has 2 aromatic rings. The van der Waals surface area contributed by atoms with Crippen molar-refractivity contribution in [3.05, 3.63) is 58.4 Å². The van der Waals surface area contributed by atoms with Gasteiger partial charge >= 0.3 is 0 Å². The number of likely N-dealkylation sites (N-methyl/N-ethyl adjacent to an activating group) is 1. The third kappa shape index (κ3) is 4.36. The normalized spacial score (nSPS) is 17.2. The van der Waals surface area contributed by atoms with Gasteiger partial charge in [-0.15, -0.1) is 0 Å². The number of aryl methyl sites for hydroxylation is 1. The Kier molecular flexibility index (Phi) is 6.35. The van der Waals surface area contributed by atoms with Gasteiger partial charge in [-0.25, -0.2) is 0 Å². The number of carbonyl (C=O) groups excluding carboxylic acids is 2. The second kappa shape index (κ2) is 8.74. The van der Waals surface area contributed by atoms with Gasteiger partial charge in [-0.2, -0.15) is 0 Å². The van der Waals surface area contributed by atoms with Gasteiger partial charge in [-0.05, 0) is 51.3 Å². The third-order valence-corrected chi connectivity index (χ3v) is 5.91. The van der Waals surface area contributed by atoms with Crippen molar-refractivity contribution in [2.75, 3.05) is 26.7 Å². The number of hydrogen-bond acceptors (Lipinski definition) is 3. The van der Waals surface area contributed by atoms with Crippen molar-refractivity contribution in [2.24, 2.45) is 0 Å². The maximum absolute atomic E-state index is 13.2. The lowest BCUT2D eigenvalue weighted by atomic mass is 10.0. The average molecular weight is 382 g/mol. The summed E-state index contributed by atoms with van der Waals surface area (Å²) in [5.41, 5.74) is 4.11. The smallest absolute Gasteiger partial charge is 0.256 e. The molecule has 1 aliphatic heterocycles. The number of rotatable bonds is 6. The van der Waals surface area contributed by atoms with Crippen LogP contribution in [0.25, 0.3) is 0 Å². The first-order valence-electron chi connectivity index (χ1n) is 10.1. The largest absolute Gasteiger partial charge is 0.355 e. The molecule has 0 aliphatic carbocycles. The molecular weight excluding hydrogens is 350 g/mol. The number of nitrogens with zero attached hydrogens (tertiary/aromatic N) is 2. The van der Waals surface area contributed by atoms with Gasteiger partial charge in [0.05, 0.1) is 11.3 Å². The van der Waals surface area contributed by atoms with Crippen molar-refractivity contribution in [1.29, 1.82) is 0 Å². The summed E-state index contributed by atoms with van der Waals surface area (Å²) in [6.45, 7) is 7.77. The number of benzene rings is 1. The van der Waals surface area contributed by atoms with Gasteiger partial charge in [0.1, 0.15) is 0 Å². The Morgan fingerprint density at radius 1 is 1.21 bits per heavy atom. The predicted octanol–water partition coefficient (Wildman–Crippen LogP) is 3.61. The molecule has 0 radical (unpaired) electrons. The molecule has 3 rings (SSSR count). The lowest BCUT2D eigenvalue weighted by Gasteiger charge is -2.38. The van der Waals surface area contributed by atoms with E-state index in [-0.39, 0.29) is 11.7 Å². The van der Waals surface area contributed by atoms with Gasteiger partial charge in [-0.3, -0.25) is 9.59 Å². The fraction of sp³-hybridized carbons (Fsp3) is 0.478. The quantitative estimate of drug-likeness (QED) is 0.778. The summed E-state index contributed by atoms with van der Waals surface area (Å²) in [6, 6.07) is 10.9. The van der Waals surface area contributed by atoms with E-state index in [4.69, 9.17) is 0 Å². The molecule has 0 unspecified atom stereocenters. The lowest BCUT2D eigenvalue weighted by molar-refractivity contribution is 0.0610. The number of hydrogen-bond donors (Lipinski definition) is 1. The number of amides is 1. The van der Waals surface area contributed by atoms with Crippen molar-refractivity contribution < 1.29 is 9.59 Å². The van der Waals surface area contributed by atoms with Crippen LogP contribution in [-0.2, 0) is 6.42 Å². The van der Waals surface area contributed by atoms with E-state index in [0.717, 1.165) is 50.2 Å². The molecule has 2 heterocycles. The van der Waals surface area contributed by atoms with Crippen molar-refractivity contribution in [2.45, 2.75) is 46.1 Å². The van der Waals surface area contributed by atoms with Crippen LogP contribution < -0.4 is 0 Å². The minimum absolute atomic E-state index is 0.0307. The van der Waals surface area contributed by atoms with E-state index in [1.165, 1.54) is 12.5 Å². The molecule has 1 aliphatic rings. The maximum atomic E-state index is 13.2. The Balaban J connectivity index is 1.66. The number of H-pyrrole nitrogens is 1. The monoisotopic (exact) mass is 381 g/mol. The van der Waals surface area contributed by atoms with E-state index in [0.29, 0.717) is 17.3 Å². The number of carbonyl (C=O) groups is 2. The van der Waals surface area contributed by atoms with E-state index in [2.05, 4.69) is 41.2 Å². The van der Waals surface area contributed by atoms with Crippen LogP contribution in [0.3, 0.4) is 0 Å². The molecule has 1 fully saturated rings. The van der Waals surface area contributed by atoms with Gasteiger partial charge < -0.3 is 14.8 Å². The van der Waals surface area contributed by atoms with Crippen molar-refractivity contribution >= 4 is 11.7 Å². The third-order valence-electron chi connectivity index (χ3n) is 5.91. The number of aromatic nitrogens is 1. The molecule has 1 aromatic heterocycles. The summed E-state index contributed by atoms with van der Waals surface area (Å²) >= 11 is 0. The van der Waals surface area contributed by atoms with E-state index >= 15 is 0 Å². The molecule has 1 N–H and O–H groups in total. The molecule has 0 saturated carbocycles. The van der Waals surface area contributed by atoms with E-state index < -0.39 is 0 Å². The Hall–Kier alpha value is -2.40. The van der Waals surface area contributed by atoms with Crippen LogP contribution in [0.1, 0.15) is 57.4 Å². The number of Topliss-reactive ketones (excluding diaryl/α,β-unsaturated/α-hetero) is 1. The van der Waals surface area contributed by atoms with Gasteiger partial charge in [0, 0.05) is 38.3 Å². The minimum Gasteiger partial charge on any atom is -0.355 e. The Morgan fingerprint density at radius 3 is 2.57 bits per heavy atom. The number of piperidine rings is 1. The topological polar surface area (TPSA) is 56.4 Å². The number of aromatic amines is 1. The second-order valence-electron chi connectivity index (χ2n) is 7.94. The Bertz CT molecular complexity index is 841. The second-order valence-corrected chi connectivity index (χ2v) is 7.94. The first kappa shape index (κ1) is 20.3. The standard InChI is InChI=1S/C23H31N3O2/c1-16-21(17(2)24-22(16)18(3)27)23(28)26-13-8-11-20(15-26)25(4)14-12-19-9-6-5-7-10-19/h5-7,9-10,20,24H,8,11-15H2,1-4H3/t20-/m0/s1. The number of ketones is 1. The van der Waals surface area contributed by atoms with Crippen LogP contribution in [0.4, 0.5) is 0 Å². The highest BCUT2D eigenvalue weighted by molar-refractivity contribution is 6.02. The molecule has 1 aromatic carbocycles. The molecule has 1 saturated heterocycles. The van der Waals surface area contributed by atoms with Crippen LogP contribution in [0, 0.1) is 13.8 Å². The SMILES string of the molecule is CC(=O)c1[nH]c(C)c(C(=O)N2CCC[C@H](N(C)CCc3ccccc3)C2)c1C. The van der Waals surface area contributed by atoms with Gasteiger partial charge in [0.2, 0.25) is 0 Å². The summed E-state index contributed by atoms with van der Waals surface area (Å²) < 4.78 is 0. The van der Waals surface area contributed by atoms with Gasteiger partial charge in [-0.1, -0.05) is 30.3 Å². The molecule has 5 nitrogen and oxygen atoms in total. The Labute approximate surface area is 167 Å². The summed E-state index contributed by atoms with van der Waals surface area (Å²) in [4.78, 5) is 32.4. The number of nitrogens with one attached hydrogen (secondary N) is 1. The van der Waals surface area contributed by atoms with Crippen LogP contribution >= 0.6 is 0 Å². The van der Waals surface area contributed by atoms with Crippen molar-refractivity contribution in [3.63, 3.8) is 0 Å². The highest BCUT2D eigenvalue weighted by atomic mass is 16.2. The highest BCUT2D eigenvalue weighted by Crippen LogP contribution is 2.23. The zero-order valence-electron chi connectivity index (χ0n) is 17.4. The highest BCUT2D eigenvalue weighted by Gasteiger charge is 2.30. The molecule has 1 atom stereocenters. The van der Waals surface area contributed by atoms with Gasteiger partial charge in [0.15, 0.2) is 5.78 Å². The lowest BCUT2D eigenvalue weighted by Crippen LogP contribution is -2.49. The fourth-order valence-electron chi connectivity index (χ4n) is 4.21. The summed E-state index contributed by atoms with van der Waals surface area (Å²) in [5.74, 6) is 0.0109. The molecule has 28 heavy (non-hydrogen) atoms.